The number of nitrogens with zero attached hydrogens (tertiary/aromatic N) is 5. The molecule has 23 heavy (non-hydrogen) atoms. The van der Waals surface area contributed by atoms with Gasteiger partial charge in [-0.2, -0.15) is 10.1 Å². The fraction of sp³-hybridized carbons (Fsp3) is 0.143. The molecule has 0 aliphatic heterocycles. The van der Waals surface area contributed by atoms with Gasteiger partial charge >= 0.3 is 0 Å². The van der Waals surface area contributed by atoms with Gasteiger partial charge in [0, 0.05) is 30.7 Å². The molecule has 2 heterocycles. The molecule has 0 unspecified atom stereocenters. The van der Waals surface area contributed by atoms with Crippen molar-refractivity contribution < 1.29 is 9.45 Å². The Morgan fingerprint density at radius 1 is 1.30 bits per heavy atom. The molecule has 0 atom stereocenters. The Morgan fingerprint density at radius 2 is 2.13 bits per heavy atom. The molecule has 0 fully saturated rings. The van der Waals surface area contributed by atoms with Gasteiger partial charge in [-0.3, -0.25) is 14.9 Å². The molecule has 0 aliphatic rings. The molecular weight excluding hydrogens is 302 g/mol. The van der Waals surface area contributed by atoms with Gasteiger partial charge in [0.25, 0.3) is 11.2 Å². The maximum absolute atomic E-state index is 11.9. The van der Waals surface area contributed by atoms with Crippen LogP contribution in [0.4, 0.5) is 5.69 Å². The van der Waals surface area contributed by atoms with Crippen molar-refractivity contribution in [3.8, 4) is 11.3 Å². The summed E-state index contributed by atoms with van der Waals surface area (Å²) in [4.78, 5) is 26.3. The van der Waals surface area contributed by atoms with Crippen LogP contribution in [-0.4, -0.2) is 24.8 Å². The summed E-state index contributed by atoms with van der Waals surface area (Å²) < 4.78 is 6.03. The summed E-state index contributed by atoms with van der Waals surface area (Å²) in [6, 6.07) is 8.89. The predicted octanol–water partition coefficient (Wildman–Crippen LogP) is 1.56. The molecule has 0 spiro atoms. The molecule has 0 radical (unpaired) electrons. The summed E-state index contributed by atoms with van der Waals surface area (Å²) >= 11 is 0. The van der Waals surface area contributed by atoms with Crippen LogP contribution >= 0.6 is 0 Å². The lowest BCUT2D eigenvalue weighted by Gasteiger charge is -2.05. The molecule has 3 aromatic rings. The number of non-ortho nitro benzene ring substituents is 1. The van der Waals surface area contributed by atoms with E-state index in [-0.39, 0.29) is 17.8 Å². The van der Waals surface area contributed by atoms with Crippen LogP contribution in [0.5, 0.6) is 0 Å². The summed E-state index contributed by atoms with van der Waals surface area (Å²) in [6.07, 6.45) is 0. The molecule has 116 valence electrons. The standard InChI is InChI=1S/C14H11N5O4/c1-9-15-13(17-23-9)8-18-14(20)6-5-12(16-18)10-3-2-4-11(7-10)19(21)22/h2-7H,8H2,1H3. The van der Waals surface area contributed by atoms with E-state index in [4.69, 9.17) is 4.52 Å². The fourth-order valence-corrected chi connectivity index (χ4v) is 2.03. The number of hydrogen-bond donors (Lipinski definition) is 0. The van der Waals surface area contributed by atoms with Crippen molar-refractivity contribution in [3.63, 3.8) is 0 Å². The molecule has 0 saturated heterocycles. The van der Waals surface area contributed by atoms with Crippen molar-refractivity contribution in [2.24, 2.45) is 0 Å². The number of nitro benzene ring substituents is 1. The third-order valence-corrected chi connectivity index (χ3v) is 3.08. The fourth-order valence-electron chi connectivity index (χ4n) is 2.03. The second-order valence-electron chi connectivity index (χ2n) is 4.75. The maximum atomic E-state index is 11.9. The van der Waals surface area contributed by atoms with Crippen molar-refractivity contribution in [1.82, 2.24) is 19.9 Å². The van der Waals surface area contributed by atoms with E-state index in [1.54, 1.807) is 19.1 Å². The van der Waals surface area contributed by atoms with Gasteiger partial charge in [-0.15, -0.1) is 0 Å². The number of nitro groups is 1. The third-order valence-electron chi connectivity index (χ3n) is 3.08. The van der Waals surface area contributed by atoms with Gasteiger partial charge in [0.05, 0.1) is 10.6 Å². The minimum Gasteiger partial charge on any atom is -0.340 e. The minimum absolute atomic E-state index is 0.0455. The van der Waals surface area contributed by atoms with Crippen molar-refractivity contribution in [1.29, 1.82) is 0 Å². The summed E-state index contributed by atoms with van der Waals surface area (Å²) in [5.41, 5.74) is 0.600. The van der Waals surface area contributed by atoms with E-state index in [2.05, 4.69) is 15.2 Å². The first-order valence-corrected chi connectivity index (χ1v) is 6.65. The molecule has 0 amide bonds. The van der Waals surface area contributed by atoms with Crippen LogP contribution in [0.2, 0.25) is 0 Å². The summed E-state index contributed by atoms with van der Waals surface area (Å²) in [5.74, 6) is 0.719. The minimum atomic E-state index is -0.485. The highest BCUT2D eigenvalue weighted by Gasteiger charge is 2.11. The van der Waals surface area contributed by atoms with Gasteiger partial charge < -0.3 is 4.52 Å². The molecule has 9 heteroatoms. The van der Waals surface area contributed by atoms with Crippen LogP contribution in [0.25, 0.3) is 11.3 Å². The summed E-state index contributed by atoms with van der Waals surface area (Å²) in [6.45, 7) is 1.70. The second kappa shape index (κ2) is 5.79. The smallest absolute Gasteiger partial charge is 0.270 e. The van der Waals surface area contributed by atoms with E-state index in [9.17, 15) is 14.9 Å². The number of hydrogen-bond acceptors (Lipinski definition) is 7. The zero-order valence-corrected chi connectivity index (χ0v) is 12.0. The summed E-state index contributed by atoms with van der Waals surface area (Å²) in [5, 5.41) is 18.8. The van der Waals surface area contributed by atoms with E-state index in [0.29, 0.717) is 23.0 Å². The Balaban J connectivity index is 1.98. The van der Waals surface area contributed by atoms with Gasteiger partial charge in [-0.25, -0.2) is 4.68 Å². The van der Waals surface area contributed by atoms with Crippen LogP contribution in [0.3, 0.4) is 0 Å². The van der Waals surface area contributed by atoms with Gasteiger partial charge in [0.15, 0.2) is 5.82 Å². The Hall–Kier alpha value is -3.36. The lowest BCUT2D eigenvalue weighted by atomic mass is 10.1. The van der Waals surface area contributed by atoms with Gasteiger partial charge in [0.1, 0.15) is 6.54 Å². The number of benzene rings is 1. The van der Waals surface area contributed by atoms with Crippen LogP contribution < -0.4 is 5.56 Å². The Labute approximate surface area is 129 Å². The number of aromatic nitrogens is 4. The highest BCUT2D eigenvalue weighted by Crippen LogP contribution is 2.21. The largest absolute Gasteiger partial charge is 0.340 e. The van der Waals surface area contributed by atoms with Crippen LogP contribution in [0.15, 0.2) is 45.7 Å². The molecule has 1 aromatic carbocycles. The Morgan fingerprint density at radius 3 is 2.83 bits per heavy atom. The molecule has 0 saturated carbocycles. The van der Waals surface area contributed by atoms with Crippen LogP contribution in [0, 0.1) is 17.0 Å². The maximum Gasteiger partial charge on any atom is 0.270 e. The first kappa shape index (κ1) is 14.6. The zero-order valence-electron chi connectivity index (χ0n) is 12.0. The second-order valence-corrected chi connectivity index (χ2v) is 4.75. The van der Waals surface area contributed by atoms with E-state index in [1.165, 1.54) is 28.9 Å². The Bertz CT molecular complexity index is 931. The zero-order chi connectivity index (χ0) is 16.4. The molecule has 0 aliphatic carbocycles. The normalized spacial score (nSPS) is 10.7. The lowest BCUT2D eigenvalue weighted by molar-refractivity contribution is -0.384. The van der Waals surface area contributed by atoms with Crippen molar-refractivity contribution in [2.45, 2.75) is 13.5 Å². The average Bonchev–Trinajstić information content (AvgIpc) is 2.95. The third kappa shape index (κ3) is 3.12. The topological polar surface area (TPSA) is 117 Å². The van der Waals surface area contributed by atoms with Crippen molar-refractivity contribution >= 4 is 5.69 Å². The van der Waals surface area contributed by atoms with Crippen molar-refractivity contribution in [3.05, 3.63) is 68.6 Å². The molecule has 0 bridgehead atoms. The molecule has 9 nitrogen and oxygen atoms in total. The van der Waals surface area contributed by atoms with E-state index >= 15 is 0 Å². The highest BCUT2D eigenvalue weighted by atomic mass is 16.6. The lowest BCUT2D eigenvalue weighted by Crippen LogP contribution is -2.23. The number of rotatable bonds is 4. The van der Waals surface area contributed by atoms with E-state index in [0.717, 1.165) is 0 Å². The average molecular weight is 313 g/mol. The molecule has 0 N–H and O–H groups in total. The van der Waals surface area contributed by atoms with E-state index in [1.807, 2.05) is 0 Å². The van der Waals surface area contributed by atoms with Crippen molar-refractivity contribution in [2.75, 3.05) is 0 Å². The predicted molar refractivity (Wildman–Crippen MR) is 78.7 cm³/mol. The highest BCUT2D eigenvalue weighted by molar-refractivity contribution is 5.61. The van der Waals surface area contributed by atoms with Gasteiger partial charge in [0.2, 0.25) is 5.89 Å². The Kier molecular flexibility index (Phi) is 3.67. The van der Waals surface area contributed by atoms with Crippen LogP contribution in [0.1, 0.15) is 11.7 Å². The first-order valence-electron chi connectivity index (χ1n) is 6.65. The SMILES string of the molecule is Cc1nc(Cn2nc(-c3cccc([N+](=O)[O-])c3)ccc2=O)no1. The molecule has 2 aromatic heterocycles. The first-order chi connectivity index (χ1) is 11.0. The number of aryl methyl sites for hydroxylation is 1. The summed E-state index contributed by atoms with van der Waals surface area (Å²) in [7, 11) is 0. The van der Waals surface area contributed by atoms with E-state index < -0.39 is 4.92 Å². The molecular formula is C14H11N5O4. The van der Waals surface area contributed by atoms with Crippen LogP contribution in [-0.2, 0) is 6.54 Å². The van der Waals surface area contributed by atoms with Gasteiger partial charge in [-0.1, -0.05) is 17.3 Å². The monoisotopic (exact) mass is 313 g/mol. The molecule has 3 rings (SSSR count). The quantitative estimate of drug-likeness (QED) is 0.530. The van der Waals surface area contributed by atoms with Gasteiger partial charge in [-0.05, 0) is 6.07 Å².